The molecule has 5 unspecified atom stereocenters. The van der Waals surface area contributed by atoms with Crippen LogP contribution in [0.5, 0.6) is 0 Å². The van der Waals surface area contributed by atoms with E-state index in [9.17, 15) is 15.3 Å². The zero-order valence-electron chi connectivity index (χ0n) is 9.47. The zero-order chi connectivity index (χ0) is 12.8. The van der Waals surface area contributed by atoms with Gasteiger partial charge in [0, 0.05) is 6.42 Å². The number of rotatable bonds is 5. The molecule has 7 heteroatoms. The molecule has 4 N–H and O–H groups in total. The number of hydrogen-bond acceptors (Lipinski definition) is 7. The minimum absolute atomic E-state index is 0.0524. The van der Waals surface area contributed by atoms with E-state index >= 15 is 0 Å². The van der Waals surface area contributed by atoms with Crippen LogP contribution in [0.3, 0.4) is 0 Å². The fourth-order valence-corrected chi connectivity index (χ4v) is 1.78. The molecule has 0 spiro atoms. The third-order valence-corrected chi connectivity index (χ3v) is 2.96. The molecule has 0 aromatic heterocycles. The van der Waals surface area contributed by atoms with Gasteiger partial charge in [0.15, 0.2) is 6.29 Å². The van der Waals surface area contributed by atoms with Gasteiger partial charge in [-0.15, -0.1) is 0 Å². The van der Waals surface area contributed by atoms with Crippen molar-refractivity contribution in [1.29, 1.82) is 0 Å². The Morgan fingerprint density at radius 3 is 2.53 bits per heavy atom. The van der Waals surface area contributed by atoms with E-state index in [1.807, 2.05) is 0 Å². The van der Waals surface area contributed by atoms with Crippen LogP contribution >= 0.6 is 12.6 Å². The molecule has 0 radical (unpaired) electrons. The highest BCUT2D eigenvalue weighted by Gasteiger charge is 2.38. The lowest BCUT2D eigenvalue weighted by molar-refractivity contribution is -0.225. The van der Waals surface area contributed by atoms with Crippen LogP contribution in [0.15, 0.2) is 0 Å². The van der Waals surface area contributed by atoms with Gasteiger partial charge in [0.1, 0.15) is 18.3 Å². The second kappa shape index (κ2) is 7.52. The minimum atomic E-state index is -1.23. The average Bonchev–Trinajstić information content (AvgIpc) is 2.41. The van der Waals surface area contributed by atoms with Crippen molar-refractivity contribution in [3.8, 4) is 0 Å². The van der Waals surface area contributed by atoms with Crippen molar-refractivity contribution in [3.05, 3.63) is 0 Å². The maximum absolute atomic E-state index is 9.73. The maximum Gasteiger partial charge on any atom is 0.184 e. The lowest BCUT2D eigenvalue weighted by Gasteiger charge is -2.24. The van der Waals surface area contributed by atoms with E-state index in [-0.39, 0.29) is 6.42 Å². The minimum Gasteiger partial charge on any atom is -0.394 e. The predicted octanol–water partition coefficient (Wildman–Crippen LogP) is -1.49. The van der Waals surface area contributed by atoms with E-state index in [1.165, 1.54) is 0 Å². The molecule has 0 bridgehead atoms. The molecule has 0 saturated carbocycles. The molecule has 0 aliphatic carbocycles. The first-order valence-electron chi connectivity index (χ1n) is 5.63. The lowest BCUT2D eigenvalue weighted by Crippen LogP contribution is -2.40. The molecule has 102 valence electrons. The SMILES string of the molecule is OCC1OC(OCCCS)C(O)CC(O)C1O. The van der Waals surface area contributed by atoms with E-state index in [1.54, 1.807) is 0 Å². The highest BCUT2D eigenvalue weighted by atomic mass is 32.1. The molecule has 5 atom stereocenters. The van der Waals surface area contributed by atoms with Crippen molar-refractivity contribution >= 4 is 12.6 Å². The van der Waals surface area contributed by atoms with Crippen molar-refractivity contribution in [2.75, 3.05) is 19.0 Å². The topological polar surface area (TPSA) is 99.4 Å². The summed E-state index contributed by atoms with van der Waals surface area (Å²) in [6.07, 6.45) is -4.65. The zero-order valence-corrected chi connectivity index (χ0v) is 10.4. The molecule has 1 aliphatic rings. The van der Waals surface area contributed by atoms with Crippen LogP contribution < -0.4 is 0 Å². The number of aliphatic hydroxyl groups excluding tert-OH is 4. The second-order valence-electron chi connectivity index (χ2n) is 4.03. The third-order valence-electron chi connectivity index (χ3n) is 2.65. The summed E-state index contributed by atoms with van der Waals surface area (Å²) >= 11 is 4.02. The number of thiol groups is 1. The van der Waals surface area contributed by atoms with Gasteiger partial charge in [-0.2, -0.15) is 12.6 Å². The third kappa shape index (κ3) is 4.36. The van der Waals surface area contributed by atoms with Crippen molar-refractivity contribution in [1.82, 2.24) is 0 Å². The van der Waals surface area contributed by atoms with Gasteiger partial charge in [0.05, 0.1) is 19.3 Å². The normalized spacial score (nSPS) is 39.0. The van der Waals surface area contributed by atoms with Crippen molar-refractivity contribution in [2.24, 2.45) is 0 Å². The quantitative estimate of drug-likeness (QED) is 0.308. The second-order valence-corrected chi connectivity index (χ2v) is 4.48. The van der Waals surface area contributed by atoms with Gasteiger partial charge in [0.2, 0.25) is 0 Å². The Kier molecular flexibility index (Phi) is 6.71. The van der Waals surface area contributed by atoms with E-state index in [4.69, 9.17) is 14.6 Å². The molecule has 1 fully saturated rings. The molecule has 1 aliphatic heterocycles. The van der Waals surface area contributed by atoms with Crippen molar-refractivity contribution < 1.29 is 29.9 Å². The summed E-state index contributed by atoms with van der Waals surface area (Å²) in [5.41, 5.74) is 0. The Bertz CT molecular complexity index is 217. The Balaban J connectivity index is 2.56. The molecular weight excluding hydrogens is 248 g/mol. The van der Waals surface area contributed by atoms with Crippen LogP contribution in [0, 0.1) is 0 Å². The van der Waals surface area contributed by atoms with Crippen LogP contribution in [0.25, 0.3) is 0 Å². The van der Waals surface area contributed by atoms with Crippen LogP contribution in [-0.4, -0.2) is 70.1 Å². The van der Waals surface area contributed by atoms with E-state index in [0.717, 1.165) is 0 Å². The molecule has 0 amide bonds. The molecular formula is C10H20O6S. The van der Waals surface area contributed by atoms with Gasteiger partial charge >= 0.3 is 0 Å². The van der Waals surface area contributed by atoms with Crippen molar-refractivity contribution in [3.63, 3.8) is 0 Å². The first-order valence-corrected chi connectivity index (χ1v) is 6.26. The maximum atomic E-state index is 9.73. The predicted molar refractivity (Wildman–Crippen MR) is 62.8 cm³/mol. The van der Waals surface area contributed by atoms with Crippen LogP contribution in [-0.2, 0) is 9.47 Å². The summed E-state index contributed by atoms with van der Waals surface area (Å²) in [4.78, 5) is 0. The van der Waals surface area contributed by atoms with E-state index in [2.05, 4.69) is 12.6 Å². The van der Waals surface area contributed by atoms with Gasteiger partial charge in [-0.3, -0.25) is 0 Å². The van der Waals surface area contributed by atoms with Gasteiger partial charge in [0.25, 0.3) is 0 Å². The van der Waals surface area contributed by atoms with Gasteiger partial charge in [-0.25, -0.2) is 0 Å². The number of hydrogen-bond donors (Lipinski definition) is 5. The highest BCUT2D eigenvalue weighted by Crippen LogP contribution is 2.21. The van der Waals surface area contributed by atoms with Gasteiger partial charge in [-0.05, 0) is 12.2 Å². The average molecular weight is 268 g/mol. The first-order chi connectivity index (χ1) is 8.10. The lowest BCUT2D eigenvalue weighted by atomic mass is 10.0. The smallest absolute Gasteiger partial charge is 0.184 e. The van der Waals surface area contributed by atoms with Crippen LogP contribution in [0.2, 0.25) is 0 Å². The molecule has 1 rings (SSSR count). The van der Waals surface area contributed by atoms with Gasteiger partial charge < -0.3 is 29.9 Å². The highest BCUT2D eigenvalue weighted by molar-refractivity contribution is 7.80. The largest absolute Gasteiger partial charge is 0.394 e. The molecule has 0 aromatic rings. The molecule has 1 saturated heterocycles. The fraction of sp³-hybridized carbons (Fsp3) is 1.00. The monoisotopic (exact) mass is 268 g/mol. The van der Waals surface area contributed by atoms with Crippen LogP contribution in [0.1, 0.15) is 12.8 Å². The van der Waals surface area contributed by atoms with Crippen molar-refractivity contribution in [2.45, 2.75) is 43.5 Å². The molecule has 17 heavy (non-hydrogen) atoms. The first kappa shape index (κ1) is 15.2. The van der Waals surface area contributed by atoms with Crippen LogP contribution in [0.4, 0.5) is 0 Å². The van der Waals surface area contributed by atoms with E-state index < -0.39 is 37.3 Å². The van der Waals surface area contributed by atoms with Gasteiger partial charge in [-0.1, -0.05) is 0 Å². The standard InChI is InChI=1S/C10H20O6S/c11-5-8-9(14)6(12)4-7(13)10(16-8)15-2-1-3-17/h6-14,17H,1-5H2. The summed E-state index contributed by atoms with van der Waals surface area (Å²) in [5.74, 6) is 0.650. The summed E-state index contributed by atoms with van der Waals surface area (Å²) in [6.45, 7) is -0.0903. The van der Waals surface area contributed by atoms with E-state index in [0.29, 0.717) is 18.8 Å². The Labute approximate surface area is 106 Å². The fourth-order valence-electron chi connectivity index (χ4n) is 1.65. The Morgan fingerprint density at radius 2 is 1.94 bits per heavy atom. The Hall–Kier alpha value is 0.110. The molecule has 0 aromatic carbocycles. The summed E-state index contributed by atoms with van der Waals surface area (Å²) in [5, 5.41) is 37.9. The summed E-state index contributed by atoms with van der Waals surface area (Å²) < 4.78 is 10.5. The summed E-state index contributed by atoms with van der Waals surface area (Å²) in [6, 6.07) is 0. The number of ether oxygens (including phenoxy) is 2. The number of aliphatic hydroxyl groups is 4. The summed E-state index contributed by atoms with van der Waals surface area (Å²) in [7, 11) is 0. The Morgan fingerprint density at radius 1 is 1.24 bits per heavy atom. The molecule has 6 nitrogen and oxygen atoms in total. The molecule has 1 heterocycles.